The topological polar surface area (TPSA) is 55.2 Å². The van der Waals surface area contributed by atoms with Crippen molar-refractivity contribution in [2.24, 2.45) is 5.92 Å². The molecule has 0 aromatic carbocycles. The van der Waals surface area contributed by atoms with E-state index in [1.807, 2.05) is 12.5 Å². The minimum absolute atomic E-state index is 0.114. The van der Waals surface area contributed by atoms with Gasteiger partial charge in [-0.2, -0.15) is 0 Å². The molecule has 0 radical (unpaired) electrons. The van der Waals surface area contributed by atoms with Gasteiger partial charge in [0, 0.05) is 32.0 Å². The van der Waals surface area contributed by atoms with Crippen molar-refractivity contribution in [2.45, 2.75) is 56.7 Å². The summed E-state index contributed by atoms with van der Waals surface area (Å²) in [6.07, 6.45) is 12.6. The zero-order chi connectivity index (χ0) is 14.7. The van der Waals surface area contributed by atoms with E-state index in [2.05, 4.69) is 9.55 Å². The Bertz CT molecular complexity index is 527. The monoisotopic (exact) mass is 311 g/mol. The van der Waals surface area contributed by atoms with Crippen molar-refractivity contribution in [1.29, 1.82) is 0 Å². The molecule has 1 saturated carbocycles. The van der Waals surface area contributed by atoms with E-state index in [0.29, 0.717) is 19.0 Å². The molecule has 1 aliphatic heterocycles. The molecule has 1 saturated heterocycles. The lowest BCUT2D eigenvalue weighted by Gasteiger charge is -2.34. The third-order valence-corrected chi connectivity index (χ3v) is 7.33. The maximum atomic E-state index is 12.7. The molecule has 1 aliphatic carbocycles. The fraction of sp³-hybridized carbons (Fsp3) is 0.800. The largest absolute Gasteiger partial charge is 0.337 e. The van der Waals surface area contributed by atoms with Crippen LogP contribution in [0.5, 0.6) is 0 Å². The van der Waals surface area contributed by atoms with Gasteiger partial charge in [-0.15, -0.1) is 0 Å². The van der Waals surface area contributed by atoms with Gasteiger partial charge >= 0.3 is 0 Å². The van der Waals surface area contributed by atoms with Gasteiger partial charge in [0.1, 0.15) is 0 Å². The average molecular weight is 311 g/mol. The number of imidazole rings is 1. The van der Waals surface area contributed by atoms with E-state index < -0.39 is 10.0 Å². The molecule has 5 nitrogen and oxygen atoms in total. The van der Waals surface area contributed by atoms with Crippen molar-refractivity contribution in [3.8, 4) is 0 Å². The van der Waals surface area contributed by atoms with Gasteiger partial charge in [-0.3, -0.25) is 0 Å². The lowest BCUT2D eigenvalue weighted by Crippen LogP contribution is -2.44. The maximum Gasteiger partial charge on any atom is 0.216 e. The van der Waals surface area contributed by atoms with E-state index in [4.69, 9.17) is 0 Å². The Hall–Kier alpha value is -0.880. The first-order valence-corrected chi connectivity index (χ1v) is 9.61. The van der Waals surface area contributed by atoms with Crippen LogP contribution >= 0.6 is 0 Å². The number of aromatic nitrogens is 2. The summed E-state index contributed by atoms with van der Waals surface area (Å²) >= 11 is 0. The summed E-state index contributed by atoms with van der Waals surface area (Å²) in [7, 11) is -3.06. The van der Waals surface area contributed by atoms with Crippen molar-refractivity contribution in [3.63, 3.8) is 0 Å². The molecule has 0 unspecified atom stereocenters. The molecule has 0 atom stereocenters. The predicted molar refractivity (Wildman–Crippen MR) is 82.3 cm³/mol. The second-order valence-electron chi connectivity index (χ2n) is 6.41. The Balaban J connectivity index is 1.55. The van der Waals surface area contributed by atoms with Gasteiger partial charge in [-0.25, -0.2) is 17.7 Å². The highest BCUT2D eigenvalue weighted by atomic mass is 32.2. The maximum absolute atomic E-state index is 12.7. The normalized spacial score (nSPS) is 23.4. The van der Waals surface area contributed by atoms with Crippen LogP contribution in [0.15, 0.2) is 18.7 Å². The Morgan fingerprint density at radius 1 is 1.05 bits per heavy atom. The molecule has 118 valence electrons. The Morgan fingerprint density at radius 3 is 2.38 bits per heavy atom. The van der Waals surface area contributed by atoms with Crippen LogP contribution in [0.1, 0.15) is 44.9 Å². The van der Waals surface area contributed by atoms with Crippen LogP contribution in [0.4, 0.5) is 0 Å². The predicted octanol–water partition coefficient (Wildman–Crippen LogP) is 2.26. The molecule has 0 bridgehead atoms. The highest BCUT2D eigenvalue weighted by molar-refractivity contribution is 7.89. The lowest BCUT2D eigenvalue weighted by atomic mass is 9.98. The van der Waals surface area contributed by atoms with Crippen molar-refractivity contribution >= 4 is 10.0 Å². The molecule has 0 N–H and O–H groups in total. The van der Waals surface area contributed by atoms with E-state index in [-0.39, 0.29) is 5.25 Å². The quantitative estimate of drug-likeness (QED) is 0.857. The highest BCUT2D eigenvalue weighted by Crippen LogP contribution is 2.29. The van der Waals surface area contributed by atoms with Crippen LogP contribution in [-0.2, 0) is 16.6 Å². The molecule has 3 rings (SSSR count). The van der Waals surface area contributed by atoms with E-state index >= 15 is 0 Å². The summed E-state index contributed by atoms with van der Waals surface area (Å²) < 4.78 is 29.2. The van der Waals surface area contributed by atoms with Gasteiger partial charge in [0.05, 0.1) is 11.6 Å². The molecule has 2 aliphatic rings. The van der Waals surface area contributed by atoms with Crippen molar-refractivity contribution in [3.05, 3.63) is 18.7 Å². The van der Waals surface area contributed by atoms with E-state index in [0.717, 1.165) is 45.1 Å². The van der Waals surface area contributed by atoms with Crippen LogP contribution in [0.25, 0.3) is 0 Å². The summed E-state index contributed by atoms with van der Waals surface area (Å²) in [6.45, 7) is 2.34. The summed E-state index contributed by atoms with van der Waals surface area (Å²) in [6, 6.07) is 0. The zero-order valence-electron chi connectivity index (χ0n) is 12.5. The second kappa shape index (κ2) is 6.48. The smallest absolute Gasteiger partial charge is 0.216 e. The Morgan fingerprint density at radius 2 is 1.76 bits per heavy atom. The average Bonchev–Trinajstić information content (AvgIpc) is 3.02. The first-order chi connectivity index (χ1) is 10.2. The van der Waals surface area contributed by atoms with Gasteiger partial charge < -0.3 is 4.57 Å². The number of nitrogens with zero attached hydrogens (tertiary/aromatic N) is 3. The molecular weight excluding hydrogens is 286 g/mol. The van der Waals surface area contributed by atoms with Gasteiger partial charge in [-0.05, 0) is 31.6 Å². The third-order valence-electron chi connectivity index (χ3n) is 4.94. The summed E-state index contributed by atoms with van der Waals surface area (Å²) in [5.41, 5.74) is 0. The third kappa shape index (κ3) is 3.48. The molecule has 2 heterocycles. The molecule has 0 amide bonds. The first-order valence-electron chi connectivity index (χ1n) is 8.11. The highest BCUT2D eigenvalue weighted by Gasteiger charge is 2.35. The van der Waals surface area contributed by atoms with Gasteiger partial charge in [-0.1, -0.05) is 19.3 Å². The summed E-state index contributed by atoms with van der Waals surface area (Å²) in [4.78, 5) is 4.06. The SMILES string of the molecule is O=S(=O)(C1CCCCC1)N1CCC(Cn2ccnc2)CC1. The number of hydrogen-bond acceptors (Lipinski definition) is 3. The zero-order valence-corrected chi connectivity index (χ0v) is 13.3. The standard InChI is InChI=1S/C15H25N3O2S/c19-21(20,15-4-2-1-3-5-15)18-9-6-14(7-10-18)12-17-11-8-16-13-17/h8,11,13-15H,1-7,9-10,12H2. The summed E-state index contributed by atoms with van der Waals surface area (Å²) in [5, 5.41) is -0.114. The van der Waals surface area contributed by atoms with Crippen LogP contribution in [0.2, 0.25) is 0 Å². The molecule has 2 fully saturated rings. The fourth-order valence-electron chi connectivity index (χ4n) is 3.61. The fourth-order valence-corrected chi connectivity index (χ4v) is 5.68. The molecule has 1 aromatic heterocycles. The second-order valence-corrected chi connectivity index (χ2v) is 8.62. The van der Waals surface area contributed by atoms with E-state index in [1.54, 1.807) is 10.5 Å². The van der Waals surface area contributed by atoms with Gasteiger partial charge in [0.25, 0.3) is 0 Å². The lowest BCUT2D eigenvalue weighted by molar-refractivity contribution is 0.249. The van der Waals surface area contributed by atoms with Gasteiger partial charge in [0.15, 0.2) is 0 Å². The summed E-state index contributed by atoms with van der Waals surface area (Å²) in [5.74, 6) is 0.567. The number of hydrogen-bond donors (Lipinski definition) is 0. The Kier molecular flexibility index (Phi) is 4.64. The van der Waals surface area contributed by atoms with E-state index in [9.17, 15) is 8.42 Å². The number of rotatable bonds is 4. The van der Waals surface area contributed by atoms with Crippen LogP contribution in [-0.4, -0.2) is 40.6 Å². The molecule has 21 heavy (non-hydrogen) atoms. The molecule has 6 heteroatoms. The van der Waals surface area contributed by atoms with Crippen LogP contribution in [0, 0.1) is 5.92 Å². The van der Waals surface area contributed by atoms with E-state index in [1.165, 1.54) is 6.42 Å². The minimum atomic E-state index is -3.06. The van der Waals surface area contributed by atoms with Crippen LogP contribution in [0.3, 0.4) is 0 Å². The minimum Gasteiger partial charge on any atom is -0.337 e. The van der Waals surface area contributed by atoms with Crippen molar-refractivity contribution in [1.82, 2.24) is 13.9 Å². The van der Waals surface area contributed by atoms with Gasteiger partial charge in [0.2, 0.25) is 10.0 Å². The molecule has 0 spiro atoms. The molecule has 1 aromatic rings. The molecular formula is C15H25N3O2S. The first kappa shape index (κ1) is 15.0. The van der Waals surface area contributed by atoms with Crippen molar-refractivity contribution < 1.29 is 8.42 Å². The Labute approximate surface area is 127 Å². The van der Waals surface area contributed by atoms with Crippen molar-refractivity contribution in [2.75, 3.05) is 13.1 Å². The van der Waals surface area contributed by atoms with Crippen LogP contribution < -0.4 is 0 Å². The number of sulfonamides is 1. The number of piperidine rings is 1.